The molecular weight excluding hydrogens is 544 g/mol. The van der Waals surface area contributed by atoms with E-state index in [2.05, 4.69) is 0 Å². The third-order valence-electron chi connectivity index (χ3n) is 5.49. The number of esters is 1. The maximum absolute atomic E-state index is 13.3. The summed E-state index contributed by atoms with van der Waals surface area (Å²) >= 11 is 5.43. The number of hydrogen-bond donors (Lipinski definition) is 0. The molecule has 0 bridgehead atoms. The maximum Gasteiger partial charge on any atom is 0.411 e. The van der Waals surface area contributed by atoms with Crippen molar-refractivity contribution in [1.29, 1.82) is 0 Å². The SMILES string of the molecule is CCOC(=O)C1C(CN(C)C(=S)Oc2ccc([N+](=O)[O-])cc2)N(C(=O)OC(C)(C)C)CCN1C(=O)OC(C)(C)C. The summed E-state index contributed by atoms with van der Waals surface area (Å²) in [6.07, 6.45) is -1.40. The van der Waals surface area contributed by atoms with E-state index in [1.807, 2.05) is 0 Å². The van der Waals surface area contributed by atoms with Crippen molar-refractivity contribution in [2.45, 2.75) is 71.8 Å². The molecule has 1 aromatic carbocycles. The van der Waals surface area contributed by atoms with Crippen molar-refractivity contribution in [3.05, 3.63) is 34.4 Å². The predicted molar refractivity (Wildman–Crippen MR) is 149 cm³/mol. The van der Waals surface area contributed by atoms with E-state index in [1.54, 1.807) is 55.5 Å². The number of nitrogens with zero attached hydrogens (tertiary/aromatic N) is 4. The van der Waals surface area contributed by atoms with E-state index < -0.39 is 46.4 Å². The summed E-state index contributed by atoms with van der Waals surface area (Å²) in [6, 6.07) is 3.16. The summed E-state index contributed by atoms with van der Waals surface area (Å²) < 4.78 is 22.2. The van der Waals surface area contributed by atoms with Crippen LogP contribution in [0.15, 0.2) is 24.3 Å². The Morgan fingerprint density at radius 2 is 1.50 bits per heavy atom. The molecule has 1 aliphatic rings. The van der Waals surface area contributed by atoms with E-state index >= 15 is 0 Å². The zero-order valence-corrected chi connectivity index (χ0v) is 25.0. The second kappa shape index (κ2) is 13.1. The van der Waals surface area contributed by atoms with Crippen LogP contribution in [0.4, 0.5) is 15.3 Å². The number of rotatable bonds is 6. The molecule has 1 aromatic rings. The average molecular weight is 583 g/mol. The van der Waals surface area contributed by atoms with Gasteiger partial charge in [-0.05, 0) is 72.8 Å². The number of ether oxygens (including phenoxy) is 4. The molecule has 2 amide bonds. The van der Waals surface area contributed by atoms with E-state index in [-0.39, 0.29) is 42.9 Å². The van der Waals surface area contributed by atoms with Crippen LogP contribution >= 0.6 is 12.2 Å². The van der Waals surface area contributed by atoms with Gasteiger partial charge in [-0.3, -0.25) is 19.9 Å². The van der Waals surface area contributed by atoms with E-state index in [0.29, 0.717) is 0 Å². The molecule has 2 rings (SSSR count). The highest BCUT2D eigenvalue weighted by molar-refractivity contribution is 7.80. The van der Waals surface area contributed by atoms with Gasteiger partial charge in [-0.15, -0.1) is 0 Å². The number of hydrogen-bond acceptors (Lipinski definition) is 10. The normalized spacial score (nSPS) is 17.5. The molecule has 0 spiro atoms. The van der Waals surface area contributed by atoms with Crippen LogP contribution in [0.1, 0.15) is 48.5 Å². The van der Waals surface area contributed by atoms with Crippen LogP contribution in [0.25, 0.3) is 0 Å². The van der Waals surface area contributed by atoms with Crippen LogP contribution in [0.3, 0.4) is 0 Å². The first-order valence-electron chi connectivity index (χ1n) is 12.8. The Labute approximate surface area is 239 Å². The van der Waals surface area contributed by atoms with Gasteiger partial charge in [-0.2, -0.15) is 0 Å². The molecular formula is C26H38N4O9S. The molecule has 1 heterocycles. The van der Waals surface area contributed by atoms with Gasteiger partial charge in [-0.25, -0.2) is 14.4 Å². The first-order valence-corrected chi connectivity index (χ1v) is 13.2. The van der Waals surface area contributed by atoms with Crippen molar-refractivity contribution >= 4 is 41.2 Å². The van der Waals surface area contributed by atoms with Gasteiger partial charge in [0.25, 0.3) is 10.9 Å². The number of non-ortho nitro benzene ring substituents is 1. The Morgan fingerprint density at radius 1 is 1.00 bits per heavy atom. The molecule has 1 fully saturated rings. The largest absolute Gasteiger partial charge is 0.464 e. The van der Waals surface area contributed by atoms with Crippen molar-refractivity contribution in [2.75, 3.05) is 33.3 Å². The minimum atomic E-state index is -1.24. The summed E-state index contributed by atoms with van der Waals surface area (Å²) in [6.45, 7) is 12.0. The molecule has 0 saturated carbocycles. The quantitative estimate of drug-likeness (QED) is 0.158. The van der Waals surface area contributed by atoms with Crippen molar-refractivity contribution in [3.8, 4) is 5.75 Å². The second-order valence-electron chi connectivity index (χ2n) is 11.1. The average Bonchev–Trinajstić information content (AvgIpc) is 2.81. The molecule has 1 saturated heterocycles. The van der Waals surface area contributed by atoms with Gasteiger partial charge in [0.2, 0.25) is 0 Å². The fraction of sp³-hybridized carbons (Fsp3) is 0.615. The molecule has 222 valence electrons. The molecule has 0 aliphatic carbocycles. The summed E-state index contributed by atoms with van der Waals surface area (Å²) in [7, 11) is 1.59. The van der Waals surface area contributed by atoms with E-state index in [0.717, 1.165) is 0 Å². The highest BCUT2D eigenvalue weighted by atomic mass is 32.1. The Morgan fingerprint density at radius 3 is 1.98 bits per heavy atom. The van der Waals surface area contributed by atoms with Crippen LogP contribution in [0.5, 0.6) is 5.75 Å². The molecule has 0 aromatic heterocycles. The van der Waals surface area contributed by atoms with Gasteiger partial charge < -0.3 is 23.8 Å². The van der Waals surface area contributed by atoms with Crippen molar-refractivity contribution in [2.24, 2.45) is 0 Å². The first-order chi connectivity index (χ1) is 18.4. The molecule has 2 unspecified atom stereocenters. The van der Waals surface area contributed by atoms with Crippen LogP contribution in [0, 0.1) is 10.1 Å². The summed E-state index contributed by atoms with van der Waals surface area (Å²) in [5.74, 6) is -0.463. The molecule has 14 heteroatoms. The number of carbonyl (C=O) groups excluding carboxylic acids is 3. The summed E-state index contributed by atoms with van der Waals surface area (Å²) in [5.41, 5.74) is -1.75. The van der Waals surface area contributed by atoms with Crippen molar-refractivity contribution in [1.82, 2.24) is 14.7 Å². The van der Waals surface area contributed by atoms with Crippen molar-refractivity contribution < 1.29 is 38.3 Å². The summed E-state index contributed by atoms with van der Waals surface area (Å²) in [5, 5.41) is 10.9. The number of nitro benzene ring substituents is 1. The first kappa shape index (κ1) is 32.5. The van der Waals surface area contributed by atoms with E-state index in [9.17, 15) is 24.5 Å². The Balaban J connectivity index is 2.41. The smallest absolute Gasteiger partial charge is 0.411 e. The van der Waals surface area contributed by atoms with Gasteiger partial charge in [0.1, 0.15) is 17.0 Å². The van der Waals surface area contributed by atoms with E-state index in [4.69, 9.17) is 31.2 Å². The summed E-state index contributed by atoms with van der Waals surface area (Å²) in [4.78, 5) is 54.2. The molecule has 0 N–H and O–H groups in total. The molecule has 2 atom stereocenters. The number of thiocarbonyl (C=S) groups is 1. The minimum absolute atomic E-state index is 0.00158. The topological polar surface area (TPSA) is 141 Å². The highest BCUT2D eigenvalue weighted by Gasteiger charge is 2.48. The zero-order chi connectivity index (χ0) is 30.4. The Bertz CT molecular complexity index is 1100. The molecule has 0 radical (unpaired) electrons. The van der Waals surface area contributed by atoms with Crippen molar-refractivity contribution in [3.63, 3.8) is 0 Å². The third-order valence-corrected chi connectivity index (χ3v) is 5.89. The maximum atomic E-state index is 13.3. The monoisotopic (exact) mass is 582 g/mol. The standard InChI is InChI=1S/C26H38N4O9S/c1-9-36-21(31)20-19(16-27(8)24(40)37-18-12-10-17(11-13-18)30(34)35)28(22(32)38-25(2,3)4)14-15-29(20)23(33)39-26(5,6)7/h10-13,19-20H,9,14-16H2,1-8H3. The van der Waals surface area contributed by atoms with Gasteiger partial charge >= 0.3 is 18.2 Å². The third kappa shape index (κ3) is 9.21. The lowest BCUT2D eigenvalue weighted by Gasteiger charge is -2.47. The van der Waals surface area contributed by atoms with Crippen LogP contribution in [-0.2, 0) is 19.0 Å². The molecule has 40 heavy (non-hydrogen) atoms. The number of benzene rings is 1. The number of piperazine rings is 1. The fourth-order valence-electron chi connectivity index (χ4n) is 3.85. The van der Waals surface area contributed by atoms with Crippen LogP contribution in [-0.4, -0.2) is 99.5 Å². The second-order valence-corrected chi connectivity index (χ2v) is 11.5. The zero-order valence-electron chi connectivity index (χ0n) is 24.2. The predicted octanol–water partition coefficient (Wildman–Crippen LogP) is 3.98. The van der Waals surface area contributed by atoms with Gasteiger partial charge in [0, 0.05) is 38.8 Å². The molecule has 1 aliphatic heterocycles. The minimum Gasteiger partial charge on any atom is -0.464 e. The van der Waals surface area contributed by atoms with Crippen LogP contribution < -0.4 is 4.74 Å². The lowest BCUT2D eigenvalue weighted by Crippen LogP contribution is -2.68. The Hall–Kier alpha value is -3.68. The Kier molecular flexibility index (Phi) is 10.7. The number of amides is 2. The van der Waals surface area contributed by atoms with Gasteiger partial charge in [0.15, 0.2) is 6.04 Å². The van der Waals surface area contributed by atoms with Gasteiger partial charge in [0.05, 0.1) is 17.6 Å². The molecule has 13 nitrogen and oxygen atoms in total. The highest BCUT2D eigenvalue weighted by Crippen LogP contribution is 2.25. The number of carbonyl (C=O) groups is 3. The number of nitro groups is 1. The van der Waals surface area contributed by atoms with Gasteiger partial charge in [-0.1, -0.05) is 0 Å². The lowest BCUT2D eigenvalue weighted by atomic mass is 10.0. The lowest BCUT2D eigenvalue weighted by molar-refractivity contribution is -0.384. The fourth-order valence-corrected chi connectivity index (χ4v) is 4.02. The van der Waals surface area contributed by atoms with E-state index in [1.165, 1.54) is 39.0 Å². The van der Waals surface area contributed by atoms with Crippen LogP contribution in [0.2, 0.25) is 0 Å². The number of likely N-dealkylation sites (N-methyl/N-ethyl adjacent to an activating group) is 1.